The van der Waals surface area contributed by atoms with Crippen LogP contribution >= 0.6 is 23.7 Å². The number of anilines is 3. The highest BCUT2D eigenvalue weighted by molar-refractivity contribution is 7.89. The average Bonchev–Trinajstić information content (AvgIpc) is 3.04. The molecule has 4 N–H and O–H groups in total. The second-order valence-corrected chi connectivity index (χ2v) is 11.1. The Hall–Kier alpha value is -3.09. The van der Waals surface area contributed by atoms with Crippen LogP contribution < -0.4 is 16.4 Å². The van der Waals surface area contributed by atoms with Crippen LogP contribution in [0.15, 0.2) is 59.8 Å². The third-order valence-corrected chi connectivity index (χ3v) is 8.38. The lowest BCUT2D eigenvalue weighted by Crippen LogP contribution is -2.34. The molecule has 9 nitrogen and oxygen atoms in total. The van der Waals surface area contributed by atoms with Gasteiger partial charge >= 0.3 is 0 Å². The minimum atomic E-state index is -3.50. The molecule has 0 unspecified atom stereocenters. The molecule has 0 aliphatic carbocycles. The molecule has 188 valence electrons. The van der Waals surface area contributed by atoms with E-state index in [1.807, 2.05) is 30.4 Å². The van der Waals surface area contributed by atoms with E-state index in [0.717, 1.165) is 34.3 Å². The molecule has 2 aromatic carbocycles. The Morgan fingerprint density at radius 2 is 1.75 bits per heavy atom. The number of nitrogens with zero attached hydrogens (tertiary/aromatic N) is 4. The Balaban J connectivity index is 0.00000304. The summed E-state index contributed by atoms with van der Waals surface area (Å²) in [5.74, 6) is 0.429. The molecule has 1 fully saturated rings. The first-order valence-corrected chi connectivity index (χ1v) is 13.5. The molecule has 1 saturated heterocycles. The molecule has 5 rings (SSSR count). The molecular formula is C24H26ClN7O2S2. The molecule has 0 radical (unpaired) electrons. The van der Waals surface area contributed by atoms with E-state index in [1.165, 1.54) is 15.6 Å². The van der Waals surface area contributed by atoms with Crippen LogP contribution in [-0.4, -0.2) is 53.9 Å². The SMILES string of the molecule is Cl.Nc1nc2ccc(C=Cc3cnc(Nc4ccc(S(=O)(=O)N5CCCNCC5)cc4)nc3)cc2s1. The number of nitrogens with one attached hydrogen (secondary N) is 2. The lowest BCUT2D eigenvalue weighted by molar-refractivity contribution is 0.432. The van der Waals surface area contributed by atoms with E-state index in [2.05, 4.69) is 25.6 Å². The van der Waals surface area contributed by atoms with Crippen LogP contribution in [0, 0.1) is 0 Å². The van der Waals surface area contributed by atoms with E-state index in [1.54, 1.807) is 36.7 Å². The van der Waals surface area contributed by atoms with Crippen LogP contribution in [0.2, 0.25) is 0 Å². The Labute approximate surface area is 219 Å². The number of hydrogen-bond donors (Lipinski definition) is 3. The Bertz CT molecular complexity index is 1450. The topological polar surface area (TPSA) is 126 Å². The first kappa shape index (κ1) is 26.0. The third kappa shape index (κ3) is 6.00. The summed E-state index contributed by atoms with van der Waals surface area (Å²) in [6.07, 6.45) is 8.17. The maximum absolute atomic E-state index is 12.9. The summed E-state index contributed by atoms with van der Waals surface area (Å²) in [6, 6.07) is 12.7. The lowest BCUT2D eigenvalue weighted by atomic mass is 10.2. The van der Waals surface area contributed by atoms with Crippen LogP contribution in [-0.2, 0) is 10.0 Å². The Morgan fingerprint density at radius 3 is 2.53 bits per heavy atom. The molecule has 4 aromatic rings. The predicted octanol–water partition coefficient (Wildman–Crippen LogP) is 3.99. The van der Waals surface area contributed by atoms with Gasteiger partial charge in [0.15, 0.2) is 5.13 Å². The average molecular weight is 544 g/mol. The van der Waals surface area contributed by atoms with Crippen molar-refractivity contribution >= 4 is 72.9 Å². The highest BCUT2D eigenvalue weighted by Crippen LogP contribution is 2.25. The fourth-order valence-electron chi connectivity index (χ4n) is 3.79. The maximum atomic E-state index is 12.9. The molecule has 2 aromatic heterocycles. The standard InChI is InChI=1S/C24H25N7O2S2.ClH/c25-23-30-21-9-4-17(14-22(21)34-23)2-3-18-15-27-24(28-16-18)29-19-5-7-20(8-6-19)35(32,33)31-12-1-10-26-11-13-31;/h2-9,14-16,26H,1,10-13H2,(H2,25,30)(H,27,28,29);1H. The monoisotopic (exact) mass is 543 g/mol. The molecule has 36 heavy (non-hydrogen) atoms. The first-order chi connectivity index (χ1) is 17.0. The van der Waals surface area contributed by atoms with Gasteiger partial charge in [0.25, 0.3) is 0 Å². The number of hydrogen-bond acceptors (Lipinski definition) is 9. The quantitative estimate of drug-likeness (QED) is 0.333. The van der Waals surface area contributed by atoms with Crippen molar-refractivity contribution in [1.29, 1.82) is 0 Å². The normalized spacial score (nSPS) is 15.0. The van der Waals surface area contributed by atoms with E-state index in [9.17, 15) is 8.42 Å². The summed E-state index contributed by atoms with van der Waals surface area (Å²) >= 11 is 1.46. The van der Waals surface area contributed by atoms with E-state index in [4.69, 9.17) is 5.73 Å². The van der Waals surface area contributed by atoms with Gasteiger partial charge in [-0.1, -0.05) is 29.6 Å². The van der Waals surface area contributed by atoms with Crippen LogP contribution in [0.25, 0.3) is 22.4 Å². The summed E-state index contributed by atoms with van der Waals surface area (Å²) in [4.78, 5) is 13.3. The second kappa shape index (κ2) is 11.3. The maximum Gasteiger partial charge on any atom is 0.243 e. The molecule has 0 saturated carbocycles. The van der Waals surface area contributed by atoms with Gasteiger partial charge < -0.3 is 16.4 Å². The zero-order valence-corrected chi connectivity index (χ0v) is 21.7. The van der Waals surface area contributed by atoms with Gasteiger partial charge in [-0.05, 0) is 54.9 Å². The van der Waals surface area contributed by atoms with Gasteiger partial charge in [-0.2, -0.15) is 4.31 Å². The van der Waals surface area contributed by atoms with Gasteiger partial charge in [0.1, 0.15) is 0 Å². The third-order valence-electron chi connectivity index (χ3n) is 5.62. The van der Waals surface area contributed by atoms with Gasteiger partial charge in [0, 0.05) is 43.3 Å². The zero-order valence-electron chi connectivity index (χ0n) is 19.3. The molecule has 1 aliphatic heterocycles. The van der Waals surface area contributed by atoms with Crippen LogP contribution in [0.5, 0.6) is 0 Å². The van der Waals surface area contributed by atoms with E-state index in [0.29, 0.717) is 36.4 Å². The predicted molar refractivity (Wildman–Crippen MR) is 148 cm³/mol. The summed E-state index contributed by atoms with van der Waals surface area (Å²) in [7, 11) is -3.50. The molecule has 0 atom stereocenters. The van der Waals surface area contributed by atoms with Gasteiger partial charge in [-0.25, -0.2) is 23.4 Å². The largest absolute Gasteiger partial charge is 0.375 e. The number of nitrogens with two attached hydrogens (primary N) is 1. The summed E-state index contributed by atoms with van der Waals surface area (Å²) in [5, 5.41) is 6.90. The van der Waals surface area contributed by atoms with Gasteiger partial charge in [-0.15, -0.1) is 12.4 Å². The fourth-order valence-corrected chi connectivity index (χ4v) is 6.06. The lowest BCUT2D eigenvalue weighted by Gasteiger charge is -2.19. The van der Waals surface area contributed by atoms with E-state index in [-0.39, 0.29) is 17.3 Å². The number of fused-ring (bicyclic) bond motifs is 1. The van der Waals surface area contributed by atoms with Crippen molar-refractivity contribution in [2.45, 2.75) is 11.3 Å². The van der Waals surface area contributed by atoms with E-state index < -0.39 is 10.0 Å². The molecular weight excluding hydrogens is 518 g/mol. The van der Waals surface area contributed by atoms with Crippen LogP contribution in [0.4, 0.5) is 16.8 Å². The molecule has 3 heterocycles. The van der Waals surface area contributed by atoms with Gasteiger partial charge in [-0.3, -0.25) is 0 Å². The smallest absolute Gasteiger partial charge is 0.243 e. The minimum Gasteiger partial charge on any atom is -0.375 e. The molecule has 1 aliphatic rings. The number of benzene rings is 2. The van der Waals surface area contributed by atoms with Crippen molar-refractivity contribution in [3.8, 4) is 0 Å². The second-order valence-electron chi connectivity index (χ2n) is 8.11. The van der Waals surface area contributed by atoms with Gasteiger partial charge in [0.2, 0.25) is 16.0 Å². The minimum absolute atomic E-state index is 0. The first-order valence-electron chi connectivity index (χ1n) is 11.2. The molecule has 12 heteroatoms. The summed E-state index contributed by atoms with van der Waals surface area (Å²) in [5.41, 5.74) is 9.27. The molecule has 0 bridgehead atoms. The number of aromatic nitrogens is 3. The van der Waals surface area contributed by atoms with Crippen LogP contribution in [0.1, 0.15) is 17.5 Å². The van der Waals surface area contributed by atoms with Gasteiger partial charge in [0.05, 0.1) is 15.1 Å². The van der Waals surface area contributed by atoms with Crippen molar-refractivity contribution in [2.24, 2.45) is 0 Å². The highest BCUT2D eigenvalue weighted by Gasteiger charge is 2.24. The Morgan fingerprint density at radius 1 is 1.00 bits per heavy atom. The number of sulfonamides is 1. The van der Waals surface area contributed by atoms with Crippen molar-refractivity contribution in [3.63, 3.8) is 0 Å². The van der Waals surface area contributed by atoms with Crippen molar-refractivity contribution in [1.82, 2.24) is 24.6 Å². The number of nitrogen functional groups attached to an aromatic ring is 1. The number of halogens is 1. The van der Waals surface area contributed by atoms with Crippen molar-refractivity contribution in [2.75, 3.05) is 37.2 Å². The fraction of sp³-hybridized carbons (Fsp3) is 0.208. The zero-order chi connectivity index (χ0) is 24.3. The number of thiazole rings is 1. The molecule has 0 amide bonds. The summed E-state index contributed by atoms with van der Waals surface area (Å²) < 4.78 is 28.4. The van der Waals surface area contributed by atoms with Crippen molar-refractivity contribution in [3.05, 3.63) is 66.0 Å². The van der Waals surface area contributed by atoms with E-state index >= 15 is 0 Å². The summed E-state index contributed by atoms with van der Waals surface area (Å²) in [6.45, 7) is 2.50. The highest BCUT2D eigenvalue weighted by atomic mass is 35.5. The number of rotatable bonds is 6. The van der Waals surface area contributed by atoms with Crippen molar-refractivity contribution < 1.29 is 8.42 Å². The van der Waals surface area contributed by atoms with Crippen LogP contribution in [0.3, 0.4) is 0 Å². The Kier molecular flexibility index (Phi) is 8.17. The molecule has 0 spiro atoms.